The Hall–Kier alpha value is -3.08. The number of methoxy groups -OCH3 is 1. The van der Waals surface area contributed by atoms with Gasteiger partial charge in [0.15, 0.2) is 0 Å². The highest BCUT2D eigenvalue weighted by atomic mass is 16.5. The maximum atomic E-state index is 12.2. The fourth-order valence-electron chi connectivity index (χ4n) is 2.09. The van der Waals surface area contributed by atoms with Gasteiger partial charge in [-0.05, 0) is 36.4 Å². The van der Waals surface area contributed by atoms with Gasteiger partial charge in [0.05, 0.1) is 7.11 Å². The van der Waals surface area contributed by atoms with Crippen molar-refractivity contribution in [2.75, 3.05) is 12.4 Å². The lowest BCUT2D eigenvalue weighted by Crippen LogP contribution is -2.17. The second-order valence-corrected chi connectivity index (χ2v) is 4.67. The van der Waals surface area contributed by atoms with Gasteiger partial charge in [-0.25, -0.2) is 4.79 Å². The zero-order valence-electron chi connectivity index (χ0n) is 11.8. The Kier molecular flexibility index (Phi) is 3.62. The normalized spacial score (nSPS) is 10.4. The molecule has 0 aliphatic carbocycles. The van der Waals surface area contributed by atoms with Crippen LogP contribution in [0.5, 0.6) is 5.75 Å². The van der Waals surface area contributed by atoms with Crippen molar-refractivity contribution < 1.29 is 13.9 Å². The molecule has 3 rings (SSSR count). The lowest BCUT2D eigenvalue weighted by atomic mass is 10.2. The molecule has 1 N–H and O–H groups in total. The number of nitrogens with one attached hydrogen (secondary N) is 1. The third-order valence-electron chi connectivity index (χ3n) is 3.24. The number of rotatable bonds is 3. The van der Waals surface area contributed by atoms with Crippen LogP contribution < -0.4 is 15.7 Å². The number of carbonyl (C=O) groups is 1. The van der Waals surface area contributed by atoms with Gasteiger partial charge in [0.2, 0.25) is 0 Å². The molecule has 0 fully saturated rings. The Bertz CT molecular complexity index is 881. The Labute approximate surface area is 126 Å². The molecule has 0 saturated carbocycles. The van der Waals surface area contributed by atoms with Gasteiger partial charge in [-0.1, -0.05) is 18.2 Å². The fourth-order valence-corrected chi connectivity index (χ4v) is 2.09. The van der Waals surface area contributed by atoms with Gasteiger partial charge in [-0.15, -0.1) is 0 Å². The Morgan fingerprint density at radius 2 is 1.82 bits per heavy atom. The number of carbonyl (C=O) groups excluding carboxylic acids is 1. The molecule has 0 aliphatic heterocycles. The van der Waals surface area contributed by atoms with Gasteiger partial charge >= 0.3 is 5.63 Å². The van der Waals surface area contributed by atoms with Crippen LogP contribution in [0.3, 0.4) is 0 Å². The maximum Gasteiger partial charge on any atom is 0.360 e. The molecule has 0 aliphatic rings. The summed E-state index contributed by atoms with van der Waals surface area (Å²) in [6.07, 6.45) is 0. The SMILES string of the molecule is COc1ccc(C(=O)Nc2cc3ccccc3oc2=O)cc1. The molecule has 1 amide bonds. The first-order valence-electron chi connectivity index (χ1n) is 6.65. The standard InChI is InChI=1S/C17H13NO4/c1-21-13-8-6-11(7-9-13)16(19)18-14-10-12-4-2-3-5-15(12)22-17(14)20/h2-10H,1H3,(H,18,19). The molecule has 0 radical (unpaired) electrons. The third-order valence-corrected chi connectivity index (χ3v) is 3.24. The summed E-state index contributed by atoms with van der Waals surface area (Å²) in [7, 11) is 1.55. The summed E-state index contributed by atoms with van der Waals surface area (Å²) in [5, 5.41) is 3.31. The molecule has 3 aromatic rings. The highest BCUT2D eigenvalue weighted by Gasteiger charge is 2.11. The van der Waals surface area contributed by atoms with Crippen molar-refractivity contribution in [3.63, 3.8) is 0 Å². The van der Waals surface area contributed by atoms with Crippen LogP contribution >= 0.6 is 0 Å². The summed E-state index contributed by atoms with van der Waals surface area (Å²) in [4.78, 5) is 24.1. The monoisotopic (exact) mass is 295 g/mol. The Morgan fingerprint density at radius 1 is 1.09 bits per heavy atom. The molecule has 0 spiro atoms. The number of amides is 1. The predicted molar refractivity (Wildman–Crippen MR) is 83.4 cm³/mol. The smallest absolute Gasteiger partial charge is 0.360 e. The van der Waals surface area contributed by atoms with Crippen molar-refractivity contribution in [2.45, 2.75) is 0 Å². The first kappa shape index (κ1) is 13.9. The average molecular weight is 295 g/mol. The Balaban J connectivity index is 1.90. The molecule has 1 aromatic heterocycles. The van der Waals surface area contributed by atoms with Gasteiger partial charge in [-0.2, -0.15) is 0 Å². The maximum absolute atomic E-state index is 12.2. The van der Waals surface area contributed by atoms with Crippen molar-refractivity contribution in [2.24, 2.45) is 0 Å². The van der Waals surface area contributed by atoms with Crippen molar-refractivity contribution in [1.82, 2.24) is 0 Å². The van der Waals surface area contributed by atoms with Crippen molar-refractivity contribution >= 4 is 22.6 Å². The lowest BCUT2D eigenvalue weighted by molar-refractivity contribution is 0.102. The fraction of sp³-hybridized carbons (Fsp3) is 0.0588. The molecular formula is C17H13NO4. The largest absolute Gasteiger partial charge is 0.497 e. The van der Waals surface area contributed by atoms with Crippen LogP contribution in [0.15, 0.2) is 63.8 Å². The molecule has 0 bridgehead atoms. The number of para-hydroxylation sites is 1. The first-order chi connectivity index (χ1) is 10.7. The van der Waals surface area contributed by atoms with Crippen LogP contribution in [-0.2, 0) is 0 Å². The minimum absolute atomic E-state index is 0.111. The molecular weight excluding hydrogens is 282 g/mol. The molecule has 2 aromatic carbocycles. The molecule has 0 unspecified atom stereocenters. The van der Waals surface area contributed by atoms with Crippen LogP contribution in [0, 0.1) is 0 Å². The van der Waals surface area contributed by atoms with E-state index in [2.05, 4.69) is 5.32 Å². The van der Waals surface area contributed by atoms with Gasteiger partial charge in [0, 0.05) is 10.9 Å². The van der Waals surface area contributed by atoms with Crippen LogP contribution in [0.25, 0.3) is 11.0 Å². The number of anilines is 1. The van der Waals surface area contributed by atoms with E-state index in [1.165, 1.54) is 0 Å². The van der Waals surface area contributed by atoms with Crippen LogP contribution in [0.2, 0.25) is 0 Å². The third kappa shape index (κ3) is 2.69. The van der Waals surface area contributed by atoms with Crippen molar-refractivity contribution in [1.29, 1.82) is 0 Å². The number of hydrogen-bond acceptors (Lipinski definition) is 4. The molecule has 5 nitrogen and oxygen atoms in total. The minimum atomic E-state index is -0.583. The topological polar surface area (TPSA) is 68.5 Å². The molecule has 110 valence electrons. The number of ether oxygens (including phenoxy) is 1. The zero-order chi connectivity index (χ0) is 15.5. The highest BCUT2D eigenvalue weighted by Crippen LogP contribution is 2.16. The van der Waals surface area contributed by atoms with E-state index in [0.29, 0.717) is 16.9 Å². The molecule has 22 heavy (non-hydrogen) atoms. The van der Waals surface area contributed by atoms with Crippen LogP contribution in [0.1, 0.15) is 10.4 Å². The average Bonchev–Trinajstić information content (AvgIpc) is 2.55. The summed E-state index contributed by atoms with van der Waals surface area (Å²) in [5.74, 6) is 0.270. The number of benzene rings is 2. The van der Waals surface area contributed by atoms with E-state index in [4.69, 9.17) is 9.15 Å². The van der Waals surface area contributed by atoms with Gasteiger partial charge in [0.25, 0.3) is 5.91 Å². The molecule has 5 heteroatoms. The van der Waals surface area contributed by atoms with Crippen molar-refractivity contribution in [3.8, 4) is 5.75 Å². The predicted octanol–water partition coefficient (Wildman–Crippen LogP) is 3.05. The van der Waals surface area contributed by atoms with E-state index in [1.54, 1.807) is 55.6 Å². The quantitative estimate of drug-likeness (QED) is 0.754. The van der Waals surface area contributed by atoms with Crippen LogP contribution in [-0.4, -0.2) is 13.0 Å². The van der Waals surface area contributed by atoms with E-state index in [0.717, 1.165) is 5.39 Å². The first-order valence-corrected chi connectivity index (χ1v) is 6.65. The zero-order valence-corrected chi connectivity index (χ0v) is 11.8. The molecule has 0 atom stereocenters. The van der Waals surface area contributed by atoms with Crippen molar-refractivity contribution in [3.05, 3.63) is 70.6 Å². The van der Waals surface area contributed by atoms with E-state index in [1.807, 2.05) is 6.07 Å². The molecule has 0 saturated heterocycles. The summed E-state index contributed by atoms with van der Waals surface area (Å²) in [6.45, 7) is 0. The lowest BCUT2D eigenvalue weighted by Gasteiger charge is -2.06. The van der Waals surface area contributed by atoms with Gasteiger partial charge in [-0.3, -0.25) is 4.79 Å². The number of hydrogen-bond donors (Lipinski definition) is 1. The summed E-state index contributed by atoms with van der Waals surface area (Å²) < 4.78 is 10.2. The number of fused-ring (bicyclic) bond motifs is 1. The molecule has 1 heterocycles. The Morgan fingerprint density at radius 3 is 2.55 bits per heavy atom. The second kappa shape index (κ2) is 5.73. The van der Waals surface area contributed by atoms with E-state index < -0.39 is 5.63 Å². The second-order valence-electron chi connectivity index (χ2n) is 4.67. The highest BCUT2D eigenvalue weighted by molar-refractivity contribution is 6.04. The van der Waals surface area contributed by atoms with E-state index >= 15 is 0 Å². The summed E-state index contributed by atoms with van der Waals surface area (Å²) in [5.41, 5.74) is 0.434. The van der Waals surface area contributed by atoms with Gasteiger partial charge < -0.3 is 14.5 Å². The summed E-state index contributed by atoms with van der Waals surface area (Å²) >= 11 is 0. The van der Waals surface area contributed by atoms with E-state index in [-0.39, 0.29) is 11.6 Å². The minimum Gasteiger partial charge on any atom is -0.497 e. The van der Waals surface area contributed by atoms with E-state index in [9.17, 15) is 9.59 Å². The van der Waals surface area contributed by atoms with Crippen LogP contribution in [0.4, 0.5) is 5.69 Å². The summed E-state index contributed by atoms with van der Waals surface area (Å²) in [6, 6.07) is 15.3. The van der Waals surface area contributed by atoms with Gasteiger partial charge in [0.1, 0.15) is 17.0 Å².